The third-order valence-corrected chi connectivity index (χ3v) is 2.62. The van der Waals surface area contributed by atoms with Crippen molar-refractivity contribution in [1.29, 1.82) is 0 Å². The average molecular weight is 276 g/mol. The highest BCUT2D eigenvalue weighted by molar-refractivity contribution is 5.91. The first-order chi connectivity index (χ1) is 9.72. The Morgan fingerprint density at radius 1 is 1.55 bits per heavy atom. The molecule has 0 fully saturated rings. The Labute approximate surface area is 116 Å². The van der Waals surface area contributed by atoms with E-state index < -0.39 is 6.04 Å². The van der Waals surface area contributed by atoms with Gasteiger partial charge in [-0.3, -0.25) is 4.79 Å². The van der Waals surface area contributed by atoms with Crippen molar-refractivity contribution in [3.05, 3.63) is 36.2 Å². The van der Waals surface area contributed by atoms with Crippen LogP contribution in [0.25, 0.3) is 17.2 Å². The van der Waals surface area contributed by atoms with Crippen LogP contribution in [0.4, 0.5) is 0 Å². The minimum atomic E-state index is -0.430. The van der Waals surface area contributed by atoms with Crippen LogP contribution in [0, 0.1) is 0 Å². The number of carbonyl (C=O) groups excluding carboxylic acids is 1. The Morgan fingerprint density at radius 3 is 3.05 bits per heavy atom. The largest absolute Gasteiger partial charge is 0.437 e. The van der Waals surface area contributed by atoms with E-state index in [0.29, 0.717) is 11.5 Å². The standard InChI is InChI=1S/C14H16N2O4/c1-19-9-10(8-17)15-13(18)6-7-14-16-11-4-2-3-5-12(11)20-14/h2-7,10,17H,8-9H2,1H3,(H,15,18)/b7-6+. The van der Waals surface area contributed by atoms with Crippen LogP contribution in [0.15, 0.2) is 34.8 Å². The molecule has 6 nitrogen and oxygen atoms in total. The van der Waals surface area contributed by atoms with Crippen LogP contribution in [-0.4, -0.2) is 42.4 Å². The van der Waals surface area contributed by atoms with Gasteiger partial charge in [-0.05, 0) is 12.1 Å². The Hall–Kier alpha value is -2.18. The molecule has 0 saturated carbocycles. The van der Waals surface area contributed by atoms with E-state index in [-0.39, 0.29) is 19.1 Å². The van der Waals surface area contributed by atoms with E-state index in [1.54, 1.807) is 6.07 Å². The topological polar surface area (TPSA) is 84.6 Å². The summed E-state index contributed by atoms with van der Waals surface area (Å²) < 4.78 is 10.3. The fourth-order valence-electron chi connectivity index (χ4n) is 1.70. The van der Waals surface area contributed by atoms with Gasteiger partial charge in [-0.25, -0.2) is 4.98 Å². The molecule has 2 aromatic rings. The van der Waals surface area contributed by atoms with E-state index in [1.807, 2.05) is 18.2 Å². The summed E-state index contributed by atoms with van der Waals surface area (Å²) in [6.07, 6.45) is 2.79. The molecule has 0 aliphatic rings. The molecule has 0 bridgehead atoms. The molecular weight excluding hydrogens is 260 g/mol. The highest BCUT2D eigenvalue weighted by Crippen LogP contribution is 2.15. The second kappa shape index (κ2) is 6.83. The zero-order valence-electron chi connectivity index (χ0n) is 11.1. The zero-order valence-corrected chi connectivity index (χ0v) is 11.1. The van der Waals surface area contributed by atoms with E-state index in [9.17, 15) is 4.79 Å². The molecule has 0 spiro atoms. The molecule has 106 valence electrons. The van der Waals surface area contributed by atoms with Gasteiger partial charge in [0, 0.05) is 19.3 Å². The first kappa shape index (κ1) is 14.2. The third kappa shape index (κ3) is 3.66. The lowest BCUT2D eigenvalue weighted by Gasteiger charge is -2.13. The Balaban J connectivity index is 1.99. The van der Waals surface area contributed by atoms with Crippen molar-refractivity contribution in [3.8, 4) is 0 Å². The predicted octanol–water partition coefficient (Wildman–Crippen LogP) is 0.964. The number of oxazole rings is 1. The van der Waals surface area contributed by atoms with E-state index in [2.05, 4.69) is 10.3 Å². The second-order valence-corrected chi connectivity index (χ2v) is 4.20. The van der Waals surface area contributed by atoms with Gasteiger partial charge in [0.05, 0.1) is 19.3 Å². The summed E-state index contributed by atoms with van der Waals surface area (Å²) in [5.74, 6) is 0.0111. The van der Waals surface area contributed by atoms with E-state index in [0.717, 1.165) is 5.52 Å². The minimum absolute atomic E-state index is 0.184. The van der Waals surface area contributed by atoms with Gasteiger partial charge in [0.25, 0.3) is 0 Å². The van der Waals surface area contributed by atoms with Crippen molar-refractivity contribution in [2.45, 2.75) is 6.04 Å². The van der Waals surface area contributed by atoms with Gasteiger partial charge < -0.3 is 19.6 Å². The second-order valence-electron chi connectivity index (χ2n) is 4.20. The number of hydrogen-bond donors (Lipinski definition) is 2. The van der Waals surface area contributed by atoms with E-state index in [4.69, 9.17) is 14.3 Å². The number of para-hydroxylation sites is 2. The van der Waals surface area contributed by atoms with Gasteiger partial charge in [-0.15, -0.1) is 0 Å². The fourth-order valence-corrected chi connectivity index (χ4v) is 1.70. The summed E-state index contributed by atoms with van der Waals surface area (Å²) in [5, 5.41) is 11.6. The molecule has 20 heavy (non-hydrogen) atoms. The lowest BCUT2D eigenvalue weighted by molar-refractivity contribution is -0.117. The normalized spacial score (nSPS) is 12.9. The summed E-state index contributed by atoms with van der Waals surface area (Å²) in [4.78, 5) is 15.9. The van der Waals surface area contributed by atoms with Crippen LogP contribution in [0.1, 0.15) is 5.89 Å². The van der Waals surface area contributed by atoms with Crippen molar-refractivity contribution >= 4 is 23.1 Å². The van der Waals surface area contributed by atoms with Crippen LogP contribution in [0.5, 0.6) is 0 Å². The molecule has 1 aromatic carbocycles. The molecule has 2 rings (SSSR count). The SMILES string of the molecule is COCC(CO)NC(=O)/C=C/c1nc2ccccc2o1. The molecule has 0 aliphatic carbocycles. The Kier molecular flexibility index (Phi) is 4.86. The van der Waals surface area contributed by atoms with Crippen molar-refractivity contribution in [1.82, 2.24) is 10.3 Å². The fraction of sp³-hybridized carbons (Fsp3) is 0.286. The maximum atomic E-state index is 11.6. The first-order valence-corrected chi connectivity index (χ1v) is 6.17. The molecule has 1 aromatic heterocycles. The number of nitrogens with zero attached hydrogens (tertiary/aromatic N) is 1. The molecule has 1 unspecified atom stereocenters. The number of fused-ring (bicyclic) bond motifs is 1. The van der Waals surface area contributed by atoms with Crippen molar-refractivity contribution < 1.29 is 19.1 Å². The minimum Gasteiger partial charge on any atom is -0.437 e. The summed E-state index contributed by atoms with van der Waals surface area (Å²) in [7, 11) is 1.50. The summed E-state index contributed by atoms with van der Waals surface area (Å²) >= 11 is 0. The van der Waals surface area contributed by atoms with Crippen LogP contribution in [-0.2, 0) is 9.53 Å². The molecule has 6 heteroatoms. The highest BCUT2D eigenvalue weighted by atomic mass is 16.5. The summed E-state index contributed by atoms with van der Waals surface area (Å²) in [6.45, 7) is 0.0648. The van der Waals surface area contributed by atoms with Gasteiger partial charge >= 0.3 is 0 Å². The molecule has 0 saturated heterocycles. The number of rotatable bonds is 6. The van der Waals surface area contributed by atoms with E-state index in [1.165, 1.54) is 19.3 Å². The lowest BCUT2D eigenvalue weighted by Crippen LogP contribution is -2.39. The van der Waals surface area contributed by atoms with Gasteiger partial charge in [0.15, 0.2) is 5.58 Å². The number of methoxy groups -OCH3 is 1. The molecular formula is C14H16N2O4. The maximum absolute atomic E-state index is 11.6. The molecule has 0 aliphatic heterocycles. The maximum Gasteiger partial charge on any atom is 0.244 e. The predicted molar refractivity (Wildman–Crippen MR) is 73.9 cm³/mol. The van der Waals surface area contributed by atoms with Crippen molar-refractivity contribution in [2.75, 3.05) is 20.3 Å². The number of aromatic nitrogens is 1. The van der Waals surface area contributed by atoms with Crippen molar-refractivity contribution in [3.63, 3.8) is 0 Å². The first-order valence-electron chi connectivity index (χ1n) is 6.17. The number of hydrogen-bond acceptors (Lipinski definition) is 5. The molecule has 1 amide bonds. The highest BCUT2D eigenvalue weighted by Gasteiger charge is 2.09. The number of benzene rings is 1. The van der Waals surface area contributed by atoms with Crippen LogP contribution < -0.4 is 5.32 Å². The van der Waals surface area contributed by atoms with Crippen LogP contribution in [0.2, 0.25) is 0 Å². The average Bonchev–Trinajstić information content (AvgIpc) is 2.87. The van der Waals surface area contributed by atoms with Gasteiger partial charge in [-0.2, -0.15) is 0 Å². The number of ether oxygens (including phenoxy) is 1. The third-order valence-electron chi connectivity index (χ3n) is 2.62. The van der Waals surface area contributed by atoms with Gasteiger partial charge in [0.1, 0.15) is 5.52 Å². The summed E-state index contributed by atoms with van der Waals surface area (Å²) in [6, 6.07) is 6.92. The van der Waals surface area contributed by atoms with Crippen LogP contribution >= 0.6 is 0 Å². The Bertz CT molecular complexity index is 573. The summed E-state index contributed by atoms with van der Waals surface area (Å²) in [5.41, 5.74) is 1.40. The number of aliphatic hydroxyl groups is 1. The monoisotopic (exact) mass is 276 g/mol. The van der Waals surface area contributed by atoms with E-state index >= 15 is 0 Å². The van der Waals surface area contributed by atoms with Crippen molar-refractivity contribution in [2.24, 2.45) is 0 Å². The lowest BCUT2D eigenvalue weighted by atomic mass is 10.3. The Morgan fingerprint density at radius 2 is 2.35 bits per heavy atom. The number of nitrogens with one attached hydrogen (secondary N) is 1. The quantitative estimate of drug-likeness (QED) is 0.768. The van der Waals surface area contributed by atoms with Gasteiger partial charge in [0.2, 0.25) is 11.8 Å². The number of amides is 1. The van der Waals surface area contributed by atoms with Gasteiger partial charge in [-0.1, -0.05) is 12.1 Å². The number of aliphatic hydroxyl groups excluding tert-OH is 1. The zero-order chi connectivity index (χ0) is 14.4. The molecule has 0 radical (unpaired) electrons. The number of carbonyl (C=O) groups is 1. The molecule has 1 heterocycles. The van der Waals surface area contributed by atoms with Crippen LogP contribution in [0.3, 0.4) is 0 Å². The molecule has 2 N–H and O–H groups in total. The molecule has 1 atom stereocenters. The smallest absolute Gasteiger partial charge is 0.244 e.